The molecule has 16 aliphatic carbocycles. The van der Waals surface area contributed by atoms with E-state index in [1.807, 2.05) is 35.6 Å². The van der Waals surface area contributed by atoms with Gasteiger partial charge in [-0.1, -0.05) is 54.6 Å². The fourth-order valence-corrected chi connectivity index (χ4v) is 23.9. The topological polar surface area (TPSA) is 107 Å². The van der Waals surface area contributed by atoms with Gasteiger partial charge in [-0.05, 0) is 313 Å². The molecule has 17 aliphatic rings. The molecular weight excluding hydrogens is 1070 g/mol. The zero-order valence-corrected chi connectivity index (χ0v) is 52.4. The number of fused-ring (bicyclic) bond motifs is 3. The first kappa shape index (κ1) is 56.7. The Hall–Kier alpha value is -4.48. The SMILES string of the molecule is CC(=O)c1ccc(CNC23CC4CC(CC(C4)C2)C3)cc1.O=c1ccc2cc(CNC34CC5CC(CC(C5)C3)C4)ccc2o1.c1cc2c(cc1CNC13CC4CC(CC(C4)C1)C3)CNC2.c1cc2cc(CNC34CC5CC(CC(C5)C3)C4)ccc2s1. The summed E-state index contributed by atoms with van der Waals surface area (Å²) in [6.07, 6.45) is 35.1. The zero-order valence-electron chi connectivity index (χ0n) is 51.6. The summed E-state index contributed by atoms with van der Waals surface area (Å²) in [5.74, 6) is 12.2. The van der Waals surface area contributed by atoms with E-state index in [1.54, 1.807) is 6.92 Å². The summed E-state index contributed by atoms with van der Waals surface area (Å²) < 4.78 is 6.63. The first-order valence-electron chi connectivity index (χ1n) is 34.8. The van der Waals surface area contributed by atoms with Crippen molar-refractivity contribution in [3.63, 3.8) is 0 Å². The number of carbonyl (C=O) groups excluding carboxylic acids is 1. The van der Waals surface area contributed by atoms with Crippen molar-refractivity contribution >= 4 is 38.2 Å². The Balaban J connectivity index is 0.0000000931. The highest BCUT2D eigenvalue weighted by atomic mass is 32.1. The molecule has 454 valence electrons. The van der Waals surface area contributed by atoms with Crippen LogP contribution < -0.4 is 32.2 Å². The third-order valence-corrected chi connectivity index (χ3v) is 26.2. The number of hydrogen-bond donors (Lipinski definition) is 5. The number of rotatable bonds is 13. The van der Waals surface area contributed by atoms with E-state index in [9.17, 15) is 9.59 Å². The summed E-state index contributed by atoms with van der Waals surface area (Å²) in [7, 11) is 0. The summed E-state index contributed by atoms with van der Waals surface area (Å²) in [6.45, 7) is 7.73. The largest absolute Gasteiger partial charge is 0.423 e. The van der Waals surface area contributed by atoms with Gasteiger partial charge < -0.3 is 31.0 Å². The molecule has 5 N–H and O–H groups in total. The average molecular weight is 1170 g/mol. The van der Waals surface area contributed by atoms with E-state index < -0.39 is 0 Å². The van der Waals surface area contributed by atoms with Crippen molar-refractivity contribution in [2.45, 2.75) is 222 Å². The molecule has 0 unspecified atom stereocenters. The molecule has 0 saturated heterocycles. The lowest BCUT2D eigenvalue weighted by atomic mass is 9.53. The van der Waals surface area contributed by atoms with Crippen LogP contribution in [0.1, 0.15) is 205 Å². The van der Waals surface area contributed by atoms with Gasteiger partial charge >= 0.3 is 5.63 Å². The number of benzene rings is 4. The summed E-state index contributed by atoms with van der Waals surface area (Å²) in [6, 6.07) is 33.9. The highest BCUT2D eigenvalue weighted by molar-refractivity contribution is 7.17. The zero-order chi connectivity index (χ0) is 57.6. The highest BCUT2D eigenvalue weighted by Gasteiger charge is 2.54. The van der Waals surface area contributed by atoms with Crippen molar-refractivity contribution in [3.05, 3.63) is 152 Å². The van der Waals surface area contributed by atoms with Gasteiger partial charge in [0.2, 0.25) is 0 Å². The minimum atomic E-state index is -0.281. The highest BCUT2D eigenvalue weighted by Crippen LogP contribution is 2.59. The maximum Gasteiger partial charge on any atom is 0.336 e. The second-order valence-electron chi connectivity index (χ2n) is 32.1. The van der Waals surface area contributed by atoms with Crippen LogP contribution in [0.25, 0.3) is 21.1 Å². The van der Waals surface area contributed by atoms with Crippen LogP contribution in [0.5, 0.6) is 0 Å². The lowest BCUT2D eigenvalue weighted by Crippen LogP contribution is -2.58. The van der Waals surface area contributed by atoms with Crippen molar-refractivity contribution < 1.29 is 9.21 Å². The number of ketones is 1. The van der Waals surface area contributed by atoms with Gasteiger partial charge in [-0.25, -0.2) is 4.79 Å². The number of thiophene rings is 1. The molecule has 6 aromatic rings. The maximum absolute atomic E-state index is 11.3. The van der Waals surface area contributed by atoms with Gasteiger partial charge in [-0.2, -0.15) is 0 Å². The van der Waals surface area contributed by atoms with Crippen LogP contribution in [0.3, 0.4) is 0 Å². The van der Waals surface area contributed by atoms with E-state index in [2.05, 4.69) is 98.7 Å². The number of nitrogens with one attached hydrogen (secondary N) is 5. The average Bonchev–Trinajstić information content (AvgIpc) is 1.20. The molecule has 23 rings (SSSR count). The van der Waals surface area contributed by atoms with Gasteiger partial charge in [0.1, 0.15) is 5.58 Å². The molecule has 86 heavy (non-hydrogen) atoms. The van der Waals surface area contributed by atoms with Crippen LogP contribution in [0.2, 0.25) is 0 Å². The van der Waals surface area contributed by atoms with E-state index in [0.717, 1.165) is 121 Å². The summed E-state index contributed by atoms with van der Waals surface area (Å²) in [5.41, 5.74) is 11.5. The molecule has 16 fully saturated rings. The van der Waals surface area contributed by atoms with Crippen molar-refractivity contribution in [1.29, 1.82) is 0 Å². The summed E-state index contributed by atoms with van der Waals surface area (Å²) >= 11 is 1.84. The standard InChI is InChI=1S/C20H23NO2.C19H26N2.C19H25NO.C19H23NS/c22-19-4-2-17-8-13(1-3-18(17)23-19)12-21-20-9-14-5-15(10-20)7-16(6-14)11-20;1-2-17-11-20-12-18(17)6-13(1)10-21-19-7-14-3-15(8-19)5-16(4-14)9-19;1-13(21)18-4-2-14(3-5-18)12-20-19-9-15-6-16(10-19)8-17(7-15)11-19;1-2-18-17(3-4-21-18)8-13(1)12-20-19-9-14-5-15(10-19)7-16(6-14)11-19/h1-4,8,14-16,21H,5-7,9-12H2;1-2,6,14-16,20-21H,3-5,7-12H2;2-5,15-17,20H,6-12H2,1H3;1-4,8,14-16,20H,5-7,9-12H2. The molecule has 3 heterocycles. The molecule has 9 heteroatoms. The first-order chi connectivity index (χ1) is 41.9. The van der Waals surface area contributed by atoms with Crippen LogP contribution in [0.15, 0.2) is 112 Å². The molecule has 0 atom stereocenters. The molecule has 2 aromatic heterocycles. The number of carbonyl (C=O) groups is 1. The fraction of sp³-hybridized carbons (Fsp3) is 0.610. The fourth-order valence-electron chi connectivity index (χ4n) is 23.1. The van der Waals surface area contributed by atoms with Crippen LogP contribution >= 0.6 is 11.3 Å². The molecular formula is C77H97N5O3S. The number of Topliss-reactive ketones (excluding diaryl/α,β-unsaturated/α-hetero) is 1. The molecule has 1 aliphatic heterocycles. The van der Waals surface area contributed by atoms with Gasteiger partial charge in [0.05, 0.1) is 0 Å². The van der Waals surface area contributed by atoms with Crippen LogP contribution in [-0.4, -0.2) is 27.9 Å². The second kappa shape index (κ2) is 23.1. The molecule has 0 radical (unpaired) electrons. The van der Waals surface area contributed by atoms with Crippen LogP contribution in [-0.2, 0) is 39.3 Å². The molecule has 4 aromatic carbocycles. The Morgan fingerprint density at radius 3 is 1.24 bits per heavy atom. The Morgan fingerprint density at radius 2 is 0.802 bits per heavy atom. The summed E-state index contributed by atoms with van der Waals surface area (Å²) in [5, 5.41) is 23.9. The van der Waals surface area contributed by atoms with E-state index in [4.69, 9.17) is 4.42 Å². The minimum Gasteiger partial charge on any atom is -0.423 e. The molecule has 8 nitrogen and oxygen atoms in total. The van der Waals surface area contributed by atoms with Crippen molar-refractivity contribution in [3.8, 4) is 0 Å². The molecule has 16 saturated carbocycles. The predicted molar refractivity (Wildman–Crippen MR) is 349 cm³/mol. The van der Waals surface area contributed by atoms with E-state index in [1.165, 1.54) is 204 Å². The van der Waals surface area contributed by atoms with Gasteiger partial charge in [0.15, 0.2) is 5.78 Å². The third kappa shape index (κ3) is 12.1. The quantitative estimate of drug-likeness (QED) is 0.0575. The summed E-state index contributed by atoms with van der Waals surface area (Å²) in [4.78, 5) is 22.6. The Kier molecular flexibility index (Phi) is 15.2. The lowest BCUT2D eigenvalue weighted by Gasteiger charge is -2.57. The monoisotopic (exact) mass is 1170 g/mol. The Morgan fingerprint density at radius 1 is 0.430 bits per heavy atom. The maximum atomic E-state index is 11.3. The van der Waals surface area contributed by atoms with Crippen molar-refractivity contribution in [2.24, 2.45) is 71.0 Å². The van der Waals surface area contributed by atoms with Gasteiger partial charge in [0, 0.05) is 83.1 Å². The smallest absolute Gasteiger partial charge is 0.336 e. The first-order valence-corrected chi connectivity index (χ1v) is 35.6. The normalized spacial score (nSPS) is 37.2. The van der Waals surface area contributed by atoms with Gasteiger partial charge in [-0.3, -0.25) is 4.79 Å². The second-order valence-corrected chi connectivity index (χ2v) is 33.0. The molecule has 0 spiro atoms. The van der Waals surface area contributed by atoms with Crippen molar-refractivity contribution in [2.75, 3.05) is 0 Å². The van der Waals surface area contributed by atoms with Crippen LogP contribution in [0.4, 0.5) is 0 Å². The van der Waals surface area contributed by atoms with Gasteiger partial charge in [-0.15, -0.1) is 11.3 Å². The number of hydrogen-bond acceptors (Lipinski definition) is 9. The van der Waals surface area contributed by atoms with Crippen molar-refractivity contribution in [1.82, 2.24) is 26.6 Å². The van der Waals surface area contributed by atoms with E-state index >= 15 is 0 Å². The Bertz CT molecular complexity index is 3360. The van der Waals surface area contributed by atoms with E-state index in [0.29, 0.717) is 27.7 Å². The molecule has 16 bridgehead atoms. The predicted octanol–water partition coefficient (Wildman–Crippen LogP) is 16.1. The minimum absolute atomic E-state index is 0.149. The lowest BCUT2D eigenvalue weighted by molar-refractivity contribution is -0.0207. The van der Waals surface area contributed by atoms with Gasteiger partial charge in [0.25, 0.3) is 0 Å². The molecule has 0 amide bonds. The Labute approximate surface area is 516 Å². The third-order valence-electron chi connectivity index (χ3n) is 25.3. The van der Waals surface area contributed by atoms with E-state index in [-0.39, 0.29) is 11.4 Å². The van der Waals surface area contributed by atoms with Crippen LogP contribution in [0, 0.1) is 71.0 Å².